The van der Waals surface area contributed by atoms with Gasteiger partial charge < -0.3 is 24.6 Å². The fraction of sp³-hybridized carbons (Fsp3) is 0.650. The molecule has 26 heavy (non-hydrogen) atoms. The third-order valence-electron chi connectivity index (χ3n) is 5.92. The molecule has 144 valence electrons. The number of benzene rings is 1. The predicted octanol–water partition coefficient (Wildman–Crippen LogP) is 2.17. The van der Waals surface area contributed by atoms with Crippen LogP contribution in [0.1, 0.15) is 44.7 Å². The number of aryl methyl sites for hydroxylation is 1. The molecule has 2 fully saturated rings. The largest absolute Gasteiger partial charge is 0.508 e. The van der Waals surface area contributed by atoms with Gasteiger partial charge in [-0.05, 0) is 44.9 Å². The molecule has 2 heterocycles. The second-order valence-corrected chi connectivity index (χ2v) is 8.32. The van der Waals surface area contributed by atoms with Crippen LogP contribution in [0.4, 0.5) is 0 Å². The molecule has 2 saturated heterocycles. The van der Waals surface area contributed by atoms with Gasteiger partial charge in [-0.25, -0.2) is 0 Å². The van der Waals surface area contributed by atoms with Crippen molar-refractivity contribution in [2.24, 2.45) is 5.41 Å². The fourth-order valence-electron chi connectivity index (χ4n) is 3.95. The molecule has 0 aromatic heterocycles. The molecular weight excluding hydrogens is 334 g/mol. The molecule has 0 aliphatic carbocycles. The Balaban J connectivity index is 1.85. The summed E-state index contributed by atoms with van der Waals surface area (Å²) < 4.78 is 11.2. The number of aliphatic hydroxyl groups excluding tert-OH is 1. The molecule has 0 radical (unpaired) electrons. The van der Waals surface area contributed by atoms with Gasteiger partial charge in [0, 0.05) is 24.4 Å². The highest BCUT2D eigenvalue weighted by Gasteiger charge is 2.50. The van der Waals surface area contributed by atoms with Crippen molar-refractivity contribution in [2.75, 3.05) is 19.7 Å². The first-order chi connectivity index (χ1) is 12.0. The van der Waals surface area contributed by atoms with Crippen molar-refractivity contribution in [1.29, 1.82) is 0 Å². The Morgan fingerprint density at radius 1 is 1.35 bits per heavy atom. The molecule has 0 saturated carbocycles. The Morgan fingerprint density at radius 2 is 2.04 bits per heavy atom. The van der Waals surface area contributed by atoms with Crippen LogP contribution >= 0.6 is 0 Å². The Hall–Kier alpha value is -1.63. The standard InChI is InChI=1S/C20H29NO5/c1-12-6-7-14(8-16(12)23)15-9-21(11-20(15,5)13(2)22)18(24)17-10-25-19(3,4)26-17/h6-8,13,15,17,22-23H,9-11H2,1-5H3. The van der Waals surface area contributed by atoms with E-state index in [0.717, 1.165) is 11.1 Å². The highest BCUT2D eigenvalue weighted by Crippen LogP contribution is 2.46. The molecule has 2 aliphatic rings. The minimum Gasteiger partial charge on any atom is -0.508 e. The number of hydrogen-bond donors (Lipinski definition) is 2. The highest BCUT2D eigenvalue weighted by atomic mass is 16.7. The molecule has 4 atom stereocenters. The molecule has 3 rings (SSSR count). The van der Waals surface area contributed by atoms with E-state index in [2.05, 4.69) is 0 Å². The molecule has 2 aliphatic heterocycles. The number of carbonyl (C=O) groups is 1. The Morgan fingerprint density at radius 3 is 2.58 bits per heavy atom. The van der Waals surface area contributed by atoms with Crippen molar-refractivity contribution < 1.29 is 24.5 Å². The number of nitrogens with zero attached hydrogens (tertiary/aromatic N) is 1. The number of carbonyl (C=O) groups excluding carboxylic acids is 1. The second-order valence-electron chi connectivity index (χ2n) is 8.32. The van der Waals surface area contributed by atoms with Gasteiger partial charge in [0.25, 0.3) is 5.91 Å². The number of aromatic hydroxyl groups is 1. The monoisotopic (exact) mass is 363 g/mol. The first-order valence-corrected chi connectivity index (χ1v) is 9.11. The van der Waals surface area contributed by atoms with Gasteiger partial charge in [-0.1, -0.05) is 19.1 Å². The van der Waals surface area contributed by atoms with Gasteiger partial charge in [0.1, 0.15) is 5.75 Å². The van der Waals surface area contributed by atoms with Crippen LogP contribution in [0.15, 0.2) is 18.2 Å². The zero-order valence-electron chi connectivity index (χ0n) is 16.2. The predicted molar refractivity (Wildman–Crippen MR) is 96.9 cm³/mol. The van der Waals surface area contributed by atoms with Crippen LogP contribution in [0.2, 0.25) is 0 Å². The average molecular weight is 363 g/mol. The molecule has 1 amide bonds. The first-order valence-electron chi connectivity index (χ1n) is 9.11. The van der Waals surface area contributed by atoms with Gasteiger partial charge in [-0.3, -0.25) is 4.79 Å². The lowest BCUT2D eigenvalue weighted by Crippen LogP contribution is -2.42. The Bertz CT molecular complexity index is 701. The number of amides is 1. The number of phenolic OH excluding ortho intramolecular Hbond substituents is 1. The van der Waals surface area contributed by atoms with E-state index in [1.54, 1.807) is 31.7 Å². The van der Waals surface area contributed by atoms with Crippen molar-refractivity contribution in [3.8, 4) is 5.75 Å². The fourth-order valence-corrected chi connectivity index (χ4v) is 3.95. The molecule has 4 unspecified atom stereocenters. The first kappa shape index (κ1) is 19.1. The van der Waals surface area contributed by atoms with Gasteiger partial charge in [0.2, 0.25) is 0 Å². The summed E-state index contributed by atoms with van der Waals surface area (Å²) in [5, 5.41) is 20.6. The van der Waals surface area contributed by atoms with Gasteiger partial charge in [0.15, 0.2) is 11.9 Å². The van der Waals surface area contributed by atoms with E-state index in [0.29, 0.717) is 13.1 Å². The van der Waals surface area contributed by atoms with Crippen LogP contribution in [0.5, 0.6) is 5.75 Å². The summed E-state index contributed by atoms with van der Waals surface area (Å²) in [7, 11) is 0. The van der Waals surface area contributed by atoms with Crippen molar-refractivity contribution in [2.45, 2.75) is 58.5 Å². The summed E-state index contributed by atoms with van der Waals surface area (Å²) in [4.78, 5) is 14.7. The second kappa shape index (κ2) is 6.51. The molecule has 0 spiro atoms. The van der Waals surface area contributed by atoms with E-state index in [9.17, 15) is 15.0 Å². The maximum Gasteiger partial charge on any atom is 0.254 e. The van der Waals surface area contributed by atoms with Gasteiger partial charge in [0.05, 0.1) is 12.7 Å². The van der Waals surface area contributed by atoms with E-state index >= 15 is 0 Å². The molecule has 6 nitrogen and oxygen atoms in total. The van der Waals surface area contributed by atoms with Crippen molar-refractivity contribution in [3.63, 3.8) is 0 Å². The molecular formula is C20H29NO5. The van der Waals surface area contributed by atoms with Crippen molar-refractivity contribution >= 4 is 5.91 Å². The average Bonchev–Trinajstić information content (AvgIpc) is 3.10. The minimum absolute atomic E-state index is 0.0757. The summed E-state index contributed by atoms with van der Waals surface area (Å²) in [5.41, 5.74) is 1.22. The number of rotatable bonds is 3. The molecule has 6 heteroatoms. The third-order valence-corrected chi connectivity index (χ3v) is 5.92. The topological polar surface area (TPSA) is 79.2 Å². The molecule has 2 N–H and O–H groups in total. The maximum absolute atomic E-state index is 12.9. The van der Waals surface area contributed by atoms with Gasteiger partial charge >= 0.3 is 0 Å². The van der Waals surface area contributed by atoms with Crippen molar-refractivity contribution in [3.05, 3.63) is 29.3 Å². The summed E-state index contributed by atoms with van der Waals surface area (Å²) in [6.45, 7) is 10.3. The SMILES string of the molecule is Cc1ccc(C2CN(C(=O)C3COC(C)(C)O3)CC2(C)C(C)O)cc1O. The van der Waals surface area contributed by atoms with Crippen LogP contribution in [-0.2, 0) is 14.3 Å². The summed E-state index contributed by atoms with van der Waals surface area (Å²) in [6, 6.07) is 5.58. The van der Waals surface area contributed by atoms with Gasteiger partial charge in [-0.2, -0.15) is 0 Å². The third kappa shape index (κ3) is 3.33. The number of hydrogen-bond acceptors (Lipinski definition) is 5. The number of likely N-dealkylation sites (tertiary alicyclic amines) is 1. The van der Waals surface area contributed by atoms with E-state index < -0.39 is 23.4 Å². The van der Waals surface area contributed by atoms with E-state index in [4.69, 9.17) is 9.47 Å². The Kier molecular flexibility index (Phi) is 4.80. The summed E-state index contributed by atoms with van der Waals surface area (Å²) in [5.74, 6) is -0.709. The number of ether oxygens (including phenoxy) is 2. The van der Waals surface area contributed by atoms with Crippen LogP contribution < -0.4 is 0 Å². The summed E-state index contributed by atoms with van der Waals surface area (Å²) >= 11 is 0. The lowest BCUT2D eigenvalue weighted by Gasteiger charge is -2.33. The number of aliphatic hydroxyl groups is 1. The zero-order chi connectivity index (χ0) is 19.3. The molecule has 1 aromatic rings. The Labute approximate surface area is 154 Å². The highest BCUT2D eigenvalue weighted by molar-refractivity contribution is 5.82. The zero-order valence-corrected chi connectivity index (χ0v) is 16.2. The van der Waals surface area contributed by atoms with Gasteiger partial charge in [-0.15, -0.1) is 0 Å². The molecule has 0 bridgehead atoms. The quantitative estimate of drug-likeness (QED) is 0.860. The number of phenols is 1. The van der Waals surface area contributed by atoms with E-state index in [1.807, 2.05) is 26.0 Å². The van der Waals surface area contributed by atoms with Crippen LogP contribution in [-0.4, -0.2) is 58.7 Å². The lowest BCUT2D eigenvalue weighted by molar-refractivity contribution is -0.159. The minimum atomic E-state index is -0.754. The molecule has 1 aromatic carbocycles. The summed E-state index contributed by atoms with van der Waals surface area (Å²) in [6.07, 6.45) is -1.22. The smallest absolute Gasteiger partial charge is 0.254 e. The maximum atomic E-state index is 12.9. The van der Waals surface area contributed by atoms with Crippen LogP contribution in [0.3, 0.4) is 0 Å². The van der Waals surface area contributed by atoms with E-state index in [1.165, 1.54) is 0 Å². The van der Waals surface area contributed by atoms with Crippen molar-refractivity contribution in [1.82, 2.24) is 4.90 Å². The van der Waals surface area contributed by atoms with Crippen LogP contribution in [0, 0.1) is 12.3 Å². The lowest BCUT2D eigenvalue weighted by atomic mass is 9.72. The van der Waals surface area contributed by atoms with E-state index in [-0.39, 0.29) is 24.2 Å². The normalized spacial score (nSPS) is 32.0. The van der Waals surface area contributed by atoms with Crippen LogP contribution in [0.25, 0.3) is 0 Å².